The fourth-order valence-corrected chi connectivity index (χ4v) is 2.49. The van der Waals surface area contributed by atoms with E-state index in [1.807, 2.05) is 28.0 Å². The summed E-state index contributed by atoms with van der Waals surface area (Å²) in [7, 11) is 0. The molecule has 0 saturated carbocycles. The molecule has 1 heterocycles. The number of hydrogen-bond donors (Lipinski definition) is 0. The van der Waals surface area contributed by atoms with Gasteiger partial charge in [-0.1, -0.05) is 32.0 Å². The molecule has 2 rings (SSSR count). The molecule has 2 amide bonds. The lowest BCUT2D eigenvalue weighted by atomic mass is 10.1. The van der Waals surface area contributed by atoms with Crippen LogP contribution in [0.2, 0.25) is 0 Å². The second kappa shape index (κ2) is 5.01. The summed E-state index contributed by atoms with van der Waals surface area (Å²) < 4.78 is 0. The molecule has 0 atom stereocenters. The number of rotatable bonds is 3. The molecule has 98 valence electrons. The van der Waals surface area contributed by atoms with Gasteiger partial charge in [-0.2, -0.15) is 0 Å². The summed E-state index contributed by atoms with van der Waals surface area (Å²) in [6.07, 6.45) is 0. The Morgan fingerprint density at radius 2 is 1.83 bits per heavy atom. The molecule has 0 fully saturated rings. The van der Waals surface area contributed by atoms with Crippen molar-refractivity contribution in [2.45, 2.75) is 40.3 Å². The molecule has 1 aromatic carbocycles. The second-order valence-corrected chi connectivity index (χ2v) is 5.65. The normalized spacial score (nSPS) is 15.6. The van der Waals surface area contributed by atoms with Crippen LogP contribution in [0.3, 0.4) is 0 Å². The Labute approximate surface area is 109 Å². The van der Waals surface area contributed by atoms with Gasteiger partial charge in [0.05, 0.1) is 5.69 Å². The zero-order chi connectivity index (χ0) is 13.3. The number of fused-ring (bicyclic) bond motifs is 1. The van der Waals surface area contributed by atoms with Crippen molar-refractivity contribution < 1.29 is 4.79 Å². The summed E-state index contributed by atoms with van der Waals surface area (Å²) in [5.41, 5.74) is 2.31. The SMILES string of the molecule is CC(C)CN1Cc2ccccc2N(C(C)C)C1=O. The Hall–Kier alpha value is -1.51. The van der Waals surface area contributed by atoms with Gasteiger partial charge in [-0.3, -0.25) is 4.90 Å². The van der Waals surface area contributed by atoms with Crippen LogP contribution in [0.1, 0.15) is 33.3 Å². The van der Waals surface area contributed by atoms with Gasteiger partial charge in [-0.15, -0.1) is 0 Å². The first-order chi connectivity index (χ1) is 8.50. The molecule has 0 bridgehead atoms. The number of carbonyl (C=O) groups excluding carboxylic acids is 1. The molecule has 0 radical (unpaired) electrons. The van der Waals surface area contributed by atoms with Gasteiger partial charge in [0, 0.05) is 19.1 Å². The molecule has 0 aromatic heterocycles. The van der Waals surface area contributed by atoms with Crippen LogP contribution >= 0.6 is 0 Å². The molecule has 0 spiro atoms. The smallest absolute Gasteiger partial charge is 0.320 e. The lowest BCUT2D eigenvalue weighted by Crippen LogP contribution is -2.51. The Morgan fingerprint density at radius 1 is 1.17 bits per heavy atom. The maximum absolute atomic E-state index is 12.5. The number of amides is 2. The summed E-state index contributed by atoms with van der Waals surface area (Å²) in [5.74, 6) is 0.494. The lowest BCUT2D eigenvalue weighted by molar-refractivity contribution is 0.189. The zero-order valence-electron chi connectivity index (χ0n) is 11.7. The summed E-state index contributed by atoms with van der Waals surface area (Å²) in [6, 6.07) is 8.52. The highest BCUT2D eigenvalue weighted by Crippen LogP contribution is 2.30. The average molecular weight is 246 g/mol. The van der Waals surface area contributed by atoms with Gasteiger partial charge in [0.1, 0.15) is 0 Å². The number of anilines is 1. The molecule has 0 N–H and O–H groups in total. The van der Waals surface area contributed by atoms with Gasteiger partial charge in [-0.05, 0) is 31.4 Å². The van der Waals surface area contributed by atoms with E-state index in [9.17, 15) is 4.79 Å². The zero-order valence-corrected chi connectivity index (χ0v) is 11.7. The van der Waals surface area contributed by atoms with E-state index in [1.165, 1.54) is 5.56 Å². The highest BCUT2D eigenvalue weighted by Gasteiger charge is 2.31. The average Bonchev–Trinajstić information content (AvgIpc) is 2.29. The van der Waals surface area contributed by atoms with Crippen LogP contribution in [0.4, 0.5) is 10.5 Å². The predicted octanol–water partition coefficient (Wildman–Crippen LogP) is 3.49. The third-order valence-electron chi connectivity index (χ3n) is 3.19. The first-order valence-corrected chi connectivity index (χ1v) is 6.66. The van der Waals surface area contributed by atoms with E-state index in [-0.39, 0.29) is 12.1 Å². The van der Waals surface area contributed by atoms with Crippen molar-refractivity contribution in [2.24, 2.45) is 5.92 Å². The van der Waals surface area contributed by atoms with E-state index in [4.69, 9.17) is 0 Å². The Kier molecular flexibility index (Phi) is 3.60. The fourth-order valence-electron chi connectivity index (χ4n) is 2.49. The molecule has 3 nitrogen and oxygen atoms in total. The quantitative estimate of drug-likeness (QED) is 0.800. The molecule has 3 heteroatoms. The van der Waals surface area contributed by atoms with Gasteiger partial charge in [-0.25, -0.2) is 4.79 Å². The van der Waals surface area contributed by atoms with Crippen LogP contribution in [0.5, 0.6) is 0 Å². The first-order valence-electron chi connectivity index (χ1n) is 6.66. The first kappa shape index (κ1) is 12.9. The lowest BCUT2D eigenvalue weighted by Gasteiger charge is -2.40. The molecule has 1 aliphatic heterocycles. The van der Waals surface area contributed by atoms with E-state index in [2.05, 4.69) is 33.8 Å². The van der Waals surface area contributed by atoms with Crippen molar-refractivity contribution in [2.75, 3.05) is 11.4 Å². The molecule has 1 aliphatic rings. The number of para-hydroxylation sites is 1. The maximum Gasteiger partial charge on any atom is 0.325 e. The monoisotopic (exact) mass is 246 g/mol. The minimum absolute atomic E-state index is 0.136. The predicted molar refractivity (Wildman–Crippen MR) is 74.7 cm³/mol. The second-order valence-electron chi connectivity index (χ2n) is 5.65. The van der Waals surface area contributed by atoms with E-state index in [0.29, 0.717) is 5.92 Å². The topological polar surface area (TPSA) is 23.6 Å². The van der Waals surface area contributed by atoms with Gasteiger partial charge < -0.3 is 4.90 Å². The third kappa shape index (κ3) is 2.35. The maximum atomic E-state index is 12.5. The van der Waals surface area contributed by atoms with Crippen LogP contribution in [0.15, 0.2) is 24.3 Å². The van der Waals surface area contributed by atoms with E-state index >= 15 is 0 Å². The van der Waals surface area contributed by atoms with Crippen molar-refractivity contribution in [3.8, 4) is 0 Å². The molecule has 0 aliphatic carbocycles. The van der Waals surface area contributed by atoms with Crippen LogP contribution in [0, 0.1) is 5.92 Å². The van der Waals surface area contributed by atoms with Crippen LogP contribution < -0.4 is 4.90 Å². The van der Waals surface area contributed by atoms with Crippen LogP contribution in [-0.4, -0.2) is 23.5 Å². The Balaban J connectivity index is 2.37. The molecule has 1 aromatic rings. The summed E-state index contributed by atoms with van der Waals surface area (Å²) in [4.78, 5) is 16.4. The molecule has 0 saturated heterocycles. The van der Waals surface area contributed by atoms with Crippen LogP contribution in [0.25, 0.3) is 0 Å². The van der Waals surface area contributed by atoms with Gasteiger partial charge >= 0.3 is 6.03 Å². The van der Waals surface area contributed by atoms with E-state index in [1.54, 1.807) is 0 Å². The molecular formula is C15H22N2O. The fraction of sp³-hybridized carbons (Fsp3) is 0.533. The number of nitrogens with zero attached hydrogens (tertiary/aromatic N) is 2. The van der Waals surface area contributed by atoms with Crippen LogP contribution in [-0.2, 0) is 6.54 Å². The standard InChI is InChI=1S/C15H22N2O/c1-11(2)9-16-10-13-7-5-6-8-14(13)17(12(3)4)15(16)18/h5-8,11-12H,9-10H2,1-4H3. The molecular weight excluding hydrogens is 224 g/mol. The molecule has 0 unspecified atom stereocenters. The van der Waals surface area contributed by atoms with Crippen molar-refractivity contribution in [1.29, 1.82) is 0 Å². The summed E-state index contributed by atoms with van der Waals surface area (Å²) >= 11 is 0. The van der Waals surface area contributed by atoms with Gasteiger partial charge in [0.2, 0.25) is 0 Å². The number of urea groups is 1. The van der Waals surface area contributed by atoms with Crippen molar-refractivity contribution in [3.63, 3.8) is 0 Å². The third-order valence-corrected chi connectivity index (χ3v) is 3.19. The van der Waals surface area contributed by atoms with E-state index in [0.717, 1.165) is 18.8 Å². The Morgan fingerprint density at radius 3 is 2.44 bits per heavy atom. The minimum atomic E-state index is 0.136. The minimum Gasteiger partial charge on any atom is -0.320 e. The van der Waals surface area contributed by atoms with E-state index < -0.39 is 0 Å². The van der Waals surface area contributed by atoms with Crippen molar-refractivity contribution >= 4 is 11.7 Å². The largest absolute Gasteiger partial charge is 0.325 e. The molecule has 18 heavy (non-hydrogen) atoms. The Bertz CT molecular complexity index is 440. The summed E-state index contributed by atoms with van der Waals surface area (Å²) in [5, 5.41) is 0. The van der Waals surface area contributed by atoms with Gasteiger partial charge in [0.25, 0.3) is 0 Å². The summed E-state index contributed by atoms with van der Waals surface area (Å²) in [6.45, 7) is 9.97. The highest BCUT2D eigenvalue weighted by atomic mass is 16.2. The number of benzene rings is 1. The van der Waals surface area contributed by atoms with Crippen molar-refractivity contribution in [1.82, 2.24) is 4.90 Å². The number of hydrogen-bond acceptors (Lipinski definition) is 1. The number of carbonyl (C=O) groups is 1. The van der Waals surface area contributed by atoms with Crippen molar-refractivity contribution in [3.05, 3.63) is 29.8 Å². The van der Waals surface area contributed by atoms with Gasteiger partial charge in [0.15, 0.2) is 0 Å². The highest BCUT2D eigenvalue weighted by molar-refractivity contribution is 5.95.